The van der Waals surface area contributed by atoms with Gasteiger partial charge in [0.15, 0.2) is 11.5 Å². The summed E-state index contributed by atoms with van der Waals surface area (Å²) in [5.74, 6) is -1.83. The summed E-state index contributed by atoms with van der Waals surface area (Å²) in [6.45, 7) is 4.39. The van der Waals surface area contributed by atoms with Crippen LogP contribution in [0.1, 0.15) is 97.1 Å². The van der Waals surface area contributed by atoms with Gasteiger partial charge in [-0.1, -0.05) is 76.6 Å². The van der Waals surface area contributed by atoms with Gasteiger partial charge in [0.1, 0.15) is 5.75 Å². The van der Waals surface area contributed by atoms with Gasteiger partial charge in [-0.3, -0.25) is 9.59 Å². The molecule has 0 radical (unpaired) electrons. The van der Waals surface area contributed by atoms with Crippen molar-refractivity contribution in [3.8, 4) is 11.5 Å². The van der Waals surface area contributed by atoms with Gasteiger partial charge in [0.2, 0.25) is 5.78 Å². The number of hydrogen-bond acceptors (Lipinski definition) is 6. The number of benzene rings is 3. The first-order valence-corrected chi connectivity index (χ1v) is 14.5. The molecular weight excluding hydrogens is 500 g/mol. The molecule has 0 bridgehead atoms. The van der Waals surface area contributed by atoms with Crippen LogP contribution in [0.3, 0.4) is 0 Å². The summed E-state index contributed by atoms with van der Waals surface area (Å²) < 4.78 is 0. The van der Waals surface area contributed by atoms with Crippen molar-refractivity contribution in [2.75, 3.05) is 10.6 Å². The molecule has 0 saturated heterocycles. The van der Waals surface area contributed by atoms with E-state index in [9.17, 15) is 19.8 Å². The molecule has 0 spiro atoms. The zero-order valence-corrected chi connectivity index (χ0v) is 23.6. The lowest BCUT2D eigenvalue weighted by molar-refractivity contribution is 0.0980. The Kier molecular flexibility index (Phi) is 10.0. The lowest BCUT2D eigenvalue weighted by Crippen LogP contribution is -2.22. The van der Waals surface area contributed by atoms with Gasteiger partial charge >= 0.3 is 0 Å². The van der Waals surface area contributed by atoms with Gasteiger partial charge in [-0.15, -0.1) is 0 Å². The van der Waals surface area contributed by atoms with Crippen LogP contribution in [0.2, 0.25) is 0 Å². The minimum atomic E-state index is -0.552. The largest absolute Gasteiger partial charge is 0.507 e. The average molecular weight is 541 g/mol. The van der Waals surface area contributed by atoms with Crippen LogP contribution < -0.4 is 10.6 Å². The molecule has 3 aromatic carbocycles. The van der Waals surface area contributed by atoms with Crippen molar-refractivity contribution in [1.82, 2.24) is 0 Å². The van der Waals surface area contributed by atoms with Crippen molar-refractivity contribution < 1.29 is 19.8 Å². The molecule has 3 aromatic rings. The number of unbranched alkanes of at least 4 members (excludes halogenated alkanes) is 6. The van der Waals surface area contributed by atoms with Crippen LogP contribution in [0, 0.1) is 0 Å². The van der Waals surface area contributed by atoms with Crippen molar-refractivity contribution in [2.24, 2.45) is 0 Å². The first-order valence-electron chi connectivity index (χ1n) is 14.5. The second-order valence-electron chi connectivity index (χ2n) is 10.6. The lowest BCUT2D eigenvalue weighted by atomic mass is 9.90. The Morgan fingerprint density at radius 1 is 0.650 bits per heavy atom. The number of nitrogens with one attached hydrogen (secondary N) is 2. The number of carbonyl (C=O) groups is 2. The number of ketones is 2. The van der Waals surface area contributed by atoms with Crippen LogP contribution in [0.4, 0.5) is 17.1 Å². The van der Waals surface area contributed by atoms with Gasteiger partial charge in [0.25, 0.3) is 0 Å². The molecular formula is C34H40N2O4. The molecule has 4 N–H and O–H groups in total. The monoisotopic (exact) mass is 540 g/mol. The van der Waals surface area contributed by atoms with Crippen molar-refractivity contribution in [3.63, 3.8) is 0 Å². The Hall–Kier alpha value is -4.06. The summed E-state index contributed by atoms with van der Waals surface area (Å²) in [5, 5.41) is 27.8. The summed E-state index contributed by atoms with van der Waals surface area (Å²) in [4.78, 5) is 26.3. The van der Waals surface area contributed by atoms with E-state index in [1.165, 1.54) is 61.8 Å². The first-order chi connectivity index (χ1) is 19.4. The molecule has 0 unspecified atom stereocenters. The van der Waals surface area contributed by atoms with E-state index in [0.717, 1.165) is 25.7 Å². The average Bonchev–Trinajstić information content (AvgIpc) is 2.95. The Balaban J connectivity index is 1.45. The van der Waals surface area contributed by atoms with Crippen LogP contribution >= 0.6 is 0 Å². The number of allylic oxidation sites excluding steroid dienone is 2. The number of anilines is 3. The highest BCUT2D eigenvalue weighted by atomic mass is 16.3. The molecule has 1 aliphatic carbocycles. The number of Topliss-reactive ketones (excluding diaryl/α,β-unsaturated/α-hetero) is 1. The van der Waals surface area contributed by atoms with Gasteiger partial charge < -0.3 is 20.8 Å². The Morgan fingerprint density at radius 2 is 1.18 bits per heavy atom. The first kappa shape index (κ1) is 28.9. The van der Waals surface area contributed by atoms with Gasteiger partial charge in [-0.05, 0) is 61.1 Å². The molecule has 0 atom stereocenters. The van der Waals surface area contributed by atoms with Crippen LogP contribution in [-0.2, 0) is 12.8 Å². The zero-order valence-electron chi connectivity index (χ0n) is 23.6. The number of carbonyl (C=O) groups excluding carboxylic acids is 2. The third kappa shape index (κ3) is 7.12. The quantitative estimate of drug-likeness (QED) is 0.0930. The molecule has 40 heavy (non-hydrogen) atoms. The topological polar surface area (TPSA) is 98.7 Å². The molecule has 0 fully saturated rings. The number of aryl methyl sites for hydroxylation is 2. The van der Waals surface area contributed by atoms with E-state index in [1.54, 1.807) is 0 Å². The maximum Gasteiger partial charge on any atom is 0.213 e. The summed E-state index contributed by atoms with van der Waals surface area (Å²) in [7, 11) is 0. The maximum absolute atomic E-state index is 13.3. The fraction of sp³-hybridized carbons (Fsp3) is 0.353. The van der Waals surface area contributed by atoms with Gasteiger partial charge in [0, 0.05) is 23.5 Å². The highest BCUT2D eigenvalue weighted by molar-refractivity contribution is 6.28. The number of hydrogen-bond donors (Lipinski definition) is 4. The number of aromatic hydroxyl groups is 2. The smallest absolute Gasteiger partial charge is 0.213 e. The second kappa shape index (κ2) is 13.8. The van der Waals surface area contributed by atoms with E-state index in [1.807, 2.05) is 48.5 Å². The second-order valence-corrected chi connectivity index (χ2v) is 10.6. The molecule has 0 aliphatic heterocycles. The highest BCUT2D eigenvalue weighted by Gasteiger charge is 2.33. The predicted octanol–water partition coefficient (Wildman–Crippen LogP) is 8.46. The van der Waals surface area contributed by atoms with E-state index < -0.39 is 11.6 Å². The van der Waals surface area contributed by atoms with Crippen molar-refractivity contribution in [2.45, 2.75) is 78.1 Å². The predicted molar refractivity (Wildman–Crippen MR) is 162 cm³/mol. The molecule has 6 nitrogen and oxygen atoms in total. The number of rotatable bonds is 14. The Bertz CT molecular complexity index is 1360. The zero-order chi connectivity index (χ0) is 28.5. The van der Waals surface area contributed by atoms with Gasteiger partial charge in [0.05, 0.1) is 22.5 Å². The Morgan fingerprint density at radius 3 is 1.70 bits per heavy atom. The van der Waals surface area contributed by atoms with Crippen molar-refractivity contribution in [1.29, 1.82) is 0 Å². The van der Waals surface area contributed by atoms with Crippen molar-refractivity contribution >= 4 is 28.6 Å². The van der Waals surface area contributed by atoms with Crippen molar-refractivity contribution in [3.05, 3.63) is 88.6 Å². The normalized spacial score (nSPS) is 12.7. The van der Waals surface area contributed by atoms with Crippen LogP contribution in [0.15, 0.2) is 66.4 Å². The summed E-state index contributed by atoms with van der Waals surface area (Å²) >= 11 is 0. The molecule has 4 rings (SSSR count). The molecule has 210 valence electrons. The van der Waals surface area contributed by atoms with Gasteiger partial charge in [-0.2, -0.15) is 0 Å². The maximum atomic E-state index is 13.3. The minimum absolute atomic E-state index is 0.0538. The third-order valence-electron chi connectivity index (χ3n) is 7.38. The van der Waals surface area contributed by atoms with E-state index >= 15 is 0 Å². The van der Waals surface area contributed by atoms with Crippen LogP contribution in [0.25, 0.3) is 0 Å². The molecule has 0 heterocycles. The minimum Gasteiger partial charge on any atom is -0.507 e. The molecule has 0 amide bonds. The van der Waals surface area contributed by atoms with E-state index in [-0.39, 0.29) is 34.0 Å². The third-order valence-corrected chi connectivity index (χ3v) is 7.38. The molecule has 6 heteroatoms. The summed E-state index contributed by atoms with van der Waals surface area (Å²) in [5.41, 5.74) is 3.63. The standard InChI is InChI=1S/C34H40N2O4/c1-3-5-7-9-11-23-13-17-25(18-14-23)35-27-21-29(37)32-31(33(27)39)30(38)22-28(34(32)40)36-26-19-15-24(16-20-26)12-10-8-6-4-2/h13-22,35-37,39H,3-12H2,1-2H3. The van der Waals surface area contributed by atoms with Gasteiger partial charge in [-0.25, -0.2) is 0 Å². The number of phenols is 2. The molecule has 0 saturated carbocycles. The molecule has 1 aliphatic rings. The fourth-order valence-corrected chi connectivity index (χ4v) is 5.05. The Labute approximate surface area is 237 Å². The molecule has 0 aromatic heterocycles. The highest BCUT2D eigenvalue weighted by Crippen LogP contribution is 2.41. The lowest BCUT2D eigenvalue weighted by Gasteiger charge is -2.21. The number of phenolic OH excluding ortho intramolecular Hbond substituents is 2. The number of fused-ring (bicyclic) bond motifs is 1. The summed E-state index contributed by atoms with van der Waals surface area (Å²) in [6.07, 6.45) is 12.8. The summed E-state index contributed by atoms with van der Waals surface area (Å²) in [6, 6.07) is 16.9. The SMILES string of the molecule is CCCCCCc1ccc(NC2=CC(=O)c3c(O)c(Nc4ccc(CCCCCC)cc4)cc(O)c3C2=O)cc1. The van der Waals surface area contributed by atoms with Crippen LogP contribution in [-0.4, -0.2) is 21.8 Å². The van der Waals surface area contributed by atoms with E-state index in [4.69, 9.17) is 0 Å². The fourth-order valence-electron chi connectivity index (χ4n) is 5.05. The van der Waals surface area contributed by atoms with Crippen LogP contribution in [0.5, 0.6) is 11.5 Å². The van der Waals surface area contributed by atoms with E-state index in [2.05, 4.69) is 24.5 Å². The van der Waals surface area contributed by atoms with E-state index in [0.29, 0.717) is 11.4 Å².